The Balaban J connectivity index is 1.89. The minimum absolute atomic E-state index is 0.0228. The van der Waals surface area contributed by atoms with Crippen molar-refractivity contribution in [1.82, 2.24) is 5.32 Å². The summed E-state index contributed by atoms with van der Waals surface area (Å²) in [4.78, 5) is 15.9. The Morgan fingerprint density at radius 3 is 2.39 bits per heavy atom. The van der Waals surface area contributed by atoms with Crippen LogP contribution in [0, 0.1) is 6.92 Å². The van der Waals surface area contributed by atoms with Gasteiger partial charge < -0.3 is 10.1 Å². The van der Waals surface area contributed by atoms with Crippen molar-refractivity contribution in [2.45, 2.75) is 26.8 Å². The second-order valence-corrected chi connectivity index (χ2v) is 5.67. The Kier molecular flexibility index (Phi) is 5.92. The lowest BCUT2D eigenvalue weighted by Gasteiger charge is -2.09. The molecular weight excluding hydrogens is 288 g/mol. The quantitative estimate of drug-likeness (QED) is 0.828. The lowest BCUT2D eigenvalue weighted by atomic mass is 10.2. The summed E-state index contributed by atoms with van der Waals surface area (Å²) < 4.78 is 5.44. The van der Waals surface area contributed by atoms with Crippen molar-refractivity contribution >= 4 is 17.8 Å². The molecule has 0 heterocycles. The van der Waals surface area contributed by atoms with E-state index < -0.39 is 0 Å². The van der Waals surface area contributed by atoms with Gasteiger partial charge in [-0.1, -0.05) is 17.7 Å². The second kappa shape index (κ2) is 8.13. The third-order valence-electron chi connectivity index (χ3n) is 3.10. The molecule has 23 heavy (non-hydrogen) atoms. The molecular formula is C19H22N2O2. The molecule has 0 atom stereocenters. The van der Waals surface area contributed by atoms with Crippen molar-refractivity contribution < 1.29 is 9.53 Å². The number of aliphatic imine (C=N–C) groups is 1. The highest BCUT2D eigenvalue weighted by molar-refractivity contribution is 5.82. The van der Waals surface area contributed by atoms with Gasteiger partial charge >= 0.3 is 0 Å². The molecule has 120 valence electrons. The molecule has 2 aromatic carbocycles. The molecule has 0 saturated heterocycles. The zero-order chi connectivity index (χ0) is 16.7. The fourth-order valence-corrected chi connectivity index (χ4v) is 1.94. The Labute approximate surface area is 137 Å². The van der Waals surface area contributed by atoms with E-state index in [0.717, 1.165) is 11.3 Å². The van der Waals surface area contributed by atoms with E-state index in [1.807, 2.05) is 69.3 Å². The number of carbonyl (C=O) groups excluding carboxylic acids is 1. The van der Waals surface area contributed by atoms with Crippen molar-refractivity contribution in [1.29, 1.82) is 0 Å². The maximum atomic E-state index is 11.5. The van der Waals surface area contributed by atoms with Crippen LogP contribution in [0.2, 0.25) is 0 Å². The molecule has 0 saturated carbocycles. The molecule has 0 fully saturated rings. The molecule has 1 amide bonds. The summed E-state index contributed by atoms with van der Waals surface area (Å²) in [6.45, 7) is 5.91. The number of aryl methyl sites for hydroxylation is 1. The molecule has 0 spiro atoms. The maximum Gasteiger partial charge on any atom is 0.258 e. The van der Waals surface area contributed by atoms with Crippen LogP contribution in [-0.2, 0) is 4.79 Å². The smallest absolute Gasteiger partial charge is 0.258 e. The molecule has 0 bridgehead atoms. The molecule has 1 N–H and O–H groups in total. The summed E-state index contributed by atoms with van der Waals surface area (Å²) in [5.74, 6) is 0.543. The van der Waals surface area contributed by atoms with Gasteiger partial charge in [-0.2, -0.15) is 0 Å². The van der Waals surface area contributed by atoms with Gasteiger partial charge in [0.1, 0.15) is 5.75 Å². The highest BCUT2D eigenvalue weighted by Gasteiger charge is 2.04. The van der Waals surface area contributed by atoms with Crippen molar-refractivity contribution in [2.75, 3.05) is 6.61 Å². The summed E-state index contributed by atoms with van der Waals surface area (Å²) in [6, 6.07) is 15.6. The van der Waals surface area contributed by atoms with E-state index in [4.69, 9.17) is 4.74 Å². The number of nitrogens with zero attached hydrogens (tertiary/aromatic N) is 1. The van der Waals surface area contributed by atoms with Gasteiger partial charge in [-0.15, -0.1) is 0 Å². The van der Waals surface area contributed by atoms with Gasteiger partial charge in [0.15, 0.2) is 6.61 Å². The topological polar surface area (TPSA) is 50.7 Å². The minimum atomic E-state index is -0.120. The Hall–Kier alpha value is -2.62. The Morgan fingerprint density at radius 1 is 1.13 bits per heavy atom. The number of nitrogens with one attached hydrogen (secondary N) is 1. The van der Waals surface area contributed by atoms with Crippen molar-refractivity contribution in [3.8, 4) is 5.75 Å². The van der Waals surface area contributed by atoms with Crippen LogP contribution in [0.3, 0.4) is 0 Å². The van der Waals surface area contributed by atoms with Crippen molar-refractivity contribution in [3.05, 3.63) is 59.7 Å². The first-order valence-electron chi connectivity index (χ1n) is 7.66. The van der Waals surface area contributed by atoms with Crippen LogP contribution in [0.15, 0.2) is 53.5 Å². The summed E-state index contributed by atoms with van der Waals surface area (Å²) in [6.07, 6.45) is 1.81. The summed E-state index contributed by atoms with van der Waals surface area (Å²) in [5.41, 5.74) is 3.11. The van der Waals surface area contributed by atoms with Gasteiger partial charge in [0.05, 0.1) is 5.69 Å². The van der Waals surface area contributed by atoms with E-state index in [2.05, 4.69) is 10.3 Å². The third kappa shape index (κ3) is 5.94. The predicted molar refractivity (Wildman–Crippen MR) is 93.6 cm³/mol. The third-order valence-corrected chi connectivity index (χ3v) is 3.10. The highest BCUT2D eigenvalue weighted by Crippen LogP contribution is 2.14. The molecule has 0 aliphatic heterocycles. The average Bonchev–Trinajstić information content (AvgIpc) is 2.53. The minimum Gasteiger partial charge on any atom is -0.484 e. The lowest BCUT2D eigenvalue weighted by molar-refractivity contribution is -0.123. The molecule has 0 unspecified atom stereocenters. The summed E-state index contributed by atoms with van der Waals surface area (Å²) in [5, 5.41) is 2.78. The van der Waals surface area contributed by atoms with Crippen molar-refractivity contribution in [3.63, 3.8) is 0 Å². The van der Waals surface area contributed by atoms with E-state index in [0.29, 0.717) is 5.75 Å². The number of amides is 1. The molecule has 0 radical (unpaired) electrons. The fraction of sp³-hybridized carbons (Fsp3) is 0.263. The SMILES string of the molecule is Cc1ccc(N=Cc2ccc(OCC(=O)NC(C)C)cc2)cc1. The number of ether oxygens (including phenoxy) is 1. The Bertz CT molecular complexity index is 659. The monoisotopic (exact) mass is 310 g/mol. The summed E-state index contributed by atoms with van der Waals surface area (Å²) in [7, 11) is 0. The molecule has 0 aromatic heterocycles. The van der Waals surface area contributed by atoms with Crippen LogP contribution >= 0.6 is 0 Å². The van der Waals surface area contributed by atoms with Gasteiger partial charge in [0.2, 0.25) is 0 Å². The van der Waals surface area contributed by atoms with Crippen LogP contribution < -0.4 is 10.1 Å². The Morgan fingerprint density at radius 2 is 1.78 bits per heavy atom. The van der Waals surface area contributed by atoms with Gasteiger partial charge in [-0.3, -0.25) is 9.79 Å². The van der Waals surface area contributed by atoms with E-state index in [1.165, 1.54) is 5.56 Å². The number of rotatable bonds is 6. The van der Waals surface area contributed by atoms with E-state index in [1.54, 1.807) is 6.21 Å². The average molecular weight is 310 g/mol. The van der Waals surface area contributed by atoms with E-state index >= 15 is 0 Å². The predicted octanol–water partition coefficient (Wildman–Crippen LogP) is 3.65. The largest absolute Gasteiger partial charge is 0.484 e. The highest BCUT2D eigenvalue weighted by atomic mass is 16.5. The van der Waals surface area contributed by atoms with Gasteiger partial charge in [-0.25, -0.2) is 0 Å². The van der Waals surface area contributed by atoms with E-state index in [9.17, 15) is 4.79 Å². The fourth-order valence-electron chi connectivity index (χ4n) is 1.94. The molecule has 0 aliphatic rings. The molecule has 2 rings (SSSR count). The van der Waals surface area contributed by atoms with Crippen LogP contribution in [0.1, 0.15) is 25.0 Å². The van der Waals surface area contributed by atoms with Gasteiger partial charge in [-0.05, 0) is 62.7 Å². The number of hydrogen-bond acceptors (Lipinski definition) is 3. The van der Waals surface area contributed by atoms with Crippen molar-refractivity contribution in [2.24, 2.45) is 4.99 Å². The number of carbonyl (C=O) groups is 1. The summed E-state index contributed by atoms with van der Waals surface area (Å²) >= 11 is 0. The normalized spacial score (nSPS) is 11.0. The number of benzene rings is 2. The molecule has 0 aliphatic carbocycles. The first kappa shape index (κ1) is 16.7. The van der Waals surface area contributed by atoms with Crippen LogP contribution in [0.5, 0.6) is 5.75 Å². The van der Waals surface area contributed by atoms with Crippen LogP contribution in [0.25, 0.3) is 0 Å². The zero-order valence-electron chi connectivity index (χ0n) is 13.7. The standard InChI is InChI=1S/C19H22N2O2/c1-14(2)21-19(22)13-23-18-10-6-16(7-11-18)12-20-17-8-4-15(3)5-9-17/h4-12,14H,13H2,1-3H3,(H,21,22). The molecule has 2 aromatic rings. The van der Waals surface area contributed by atoms with Crippen LogP contribution in [-0.4, -0.2) is 24.8 Å². The number of hydrogen-bond donors (Lipinski definition) is 1. The second-order valence-electron chi connectivity index (χ2n) is 5.67. The van der Waals surface area contributed by atoms with Gasteiger partial charge in [0, 0.05) is 12.3 Å². The molecule has 4 heteroatoms. The zero-order valence-corrected chi connectivity index (χ0v) is 13.7. The first-order valence-corrected chi connectivity index (χ1v) is 7.66. The maximum absolute atomic E-state index is 11.5. The molecule has 4 nitrogen and oxygen atoms in total. The van der Waals surface area contributed by atoms with Gasteiger partial charge in [0.25, 0.3) is 5.91 Å². The first-order chi connectivity index (χ1) is 11.0. The lowest BCUT2D eigenvalue weighted by Crippen LogP contribution is -2.34. The van der Waals surface area contributed by atoms with Crippen LogP contribution in [0.4, 0.5) is 5.69 Å². The van der Waals surface area contributed by atoms with E-state index in [-0.39, 0.29) is 18.6 Å².